The molecule has 1 saturated heterocycles. The topological polar surface area (TPSA) is 29.5 Å². The molecule has 1 atom stereocenters. The van der Waals surface area contributed by atoms with E-state index in [-0.39, 0.29) is 10.7 Å². The highest BCUT2D eigenvalue weighted by Gasteiger charge is 2.31. The number of hydrogen-bond donors (Lipinski definition) is 0. The Kier molecular flexibility index (Phi) is 3.19. The van der Waals surface area contributed by atoms with Crippen molar-refractivity contribution in [3.05, 3.63) is 23.8 Å². The molecule has 0 aliphatic carbocycles. The van der Waals surface area contributed by atoms with Crippen molar-refractivity contribution in [1.29, 1.82) is 0 Å². The molecule has 1 fully saturated rings. The van der Waals surface area contributed by atoms with E-state index in [2.05, 4.69) is 15.9 Å². The van der Waals surface area contributed by atoms with Gasteiger partial charge in [0.15, 0.2) is 0 Å². The van der Waals surface area contributed by atoms with E-state index in [0.717, 1.165) is 17.0 Å². The first-order valence-corrected chi connectivity index (χ1v) is 6.13. The first kappa shape index (κ1) is 11.5. The summed E-state index contributed by atoms with van der Waals surface area (Å²) in [5.74, 6) is 0.907. The van der Waals surface area contributed by atoms with Crippen LogP contribution in [-0.4, -0.2) is 24.4 Å². The monoisotopic (exact) mass is 283 g/mol. The SMILES string of the molecule is COc1cccc(C)c1N1CC(Br)CC1=O. The van der Waals surface area contributed by atoms with Gasteiger partial charge in [0.1, 0.15) is 5.75 Å². The van der Waals surface area contributed by atoms with E-state index in [4.69, 9.17) is 4.74 Å². The molecule has 3 nitrogen and oxygen atoms in total. The van der Waals surface area contributed by atoms with Gasteiger partial charge in [-0.15, -0.1) is 0 Å². The summed E-state index contributed by atoms with van der Waals surface area (Å²) >= 11 is 3.48. The Labute approximate surface area is 104 Å². The predicted molar refractivity (Wildman–Crippen MR) is 67.4 cm³/mol. The lowest BCUT2D eigenvalue weighted by molar-refractivity contribution is -0.117. The van der Waals surface area contributed by atoms with Gasteiger partial charge in [-0.2, -0.15) is 0 Å². The van der Waals surface area contributed by atoms with Crippen LogP contribution in [0.15, 0.2) is 18.2 Å². The zero-order chi connectivity index (χ0) is 11.7. The van der Waals surface area contributed by atoms with Gasteiger partial charge in [-0.3, -0.25) is 4.79 Å². The maximum absolute atomic E-state index is 11.8. The number of methoxy groups -OCH3 is 1. The van der Waals surface area contributed by atoms with Crippen LogP contribution in [0.25, 0.3) is 0 Å². The molecule has 1 aromatic carbocycles. The molecule has 0 spiro atoms. The first-order chi connectivity index (χ1) is 7.63. The van der Waals surface area contributed by atoms with Crippen LogP contribution in [0.5, 0.6) is 5.75 Å². The van der Waals surface area contributed by atoms with E-state index >= 15 is 0 Å². The quantitative estimate of drug-likeness (QED) is 0.781. The molecule has 1 aliphatic heterocycles. The number of carbonyl (C=O) groups is 1. The van der Waals surface area contributed by atoms with Crippen LogP contribution in [-0.2, 0) is 4.79 Å². The Morgan fingerprint density at radius 3 is 2.81 bits per heavy atom. The smallest absolute Gasteiger partial charge is 0.228 e. The molecular formula is C12H14BrNO2. The largest absolute Gasteiger partial charge is 0.495 e. The fourth-order valence-corrected chi connectivity index (χ4v) is 2.59. The lowest BCUT2D eigenvalue weighted by Crippen LogP contribution is -2.25. The minimum Gasteiger partial charge on any atom is -0.495 e. The van der Waals surface area contributed by atoms with E-state index < -0.39 is 0 Å². The third-order valence-corrected chi connectivity index (χ3v) is 3.38. The zero-order valence-corrected chi connectivity index (χ0v) is 11.0. The number of para-hydroxylation sites is 1. The average Bonchev–Trinajstić information content (AvgIpc) is 2.57. The third kappa shape index (κ3) is 1.94. The number of halogens is 1. The van der Waals surface area contributed by atoms with Crippen LogP contribution in [0, 0.1) is 6.92 Å². The van der Waals surface area contributed by atoms with Crippen molar-refractivity contribution in [2.24, 2.45) is 0 Å². The number of amides is 1. The lowest BCUT2D eigenvalue weighted by atomic mass is 10.1. The minimum absolute atomic E-state index is 0.148. The van der Waals surface area contributed by atoms with Crippen LogP contribution < -0.4 is 9.64 Å². The van der Waals surface area contributed by atoms with Gasteiger partial charge >= 0.3 is 0 Å². The summed E-state index contributed by atoms with van der Waals surface area (Å²) in [6.45, 7) is 2.70. The Morgan fingerprint density at radius 2 is 2.25 bits per heavy atom. The molecule has 2 rings (SSSR count). The molecule has 0 saturated carbocycles. The first-order valence-electron chi connectivity index (χ1n) is 5.21. The highest BCUT2D eigenvalue weighted by atomic mass is 79.9. The molecule has 1 heterocycles. The predicted octanol–water partition coefficient (Wildman–Crippen LogP) is 2.50. The Morgan fingerprint density at radius 1 is 1.50 bits per heavy atom. The number of rotatable bonds is 2. The number of nitrogens with zero attached hydrogens (tertiary/aromatic N) is 1. The molecule has 0 radical (unpaired) electrons. The number of aryl methyl sites for hydroxylation is 1. The number of benzene rings is 1. The fraction of sp³-hybridized carbons (Fsp3) is 0.417. The van der Waals surface area contributed by atoms with E-state index in [1.807, 2.05) is 25.1 Å². The molecular weight excluding hydrogens is 270 g/mol. The average molecular weight is 284 g/mol. The van der Waals surface area contributed by atoms with Gasteiger partial charge in [0.2, 0.25) is 5.91 Å². The summed E-state index contributed by atoms with van der Waals surface area (Å²) in [7, 11) is 1.63. The number of alkyl halides is 1. The normalized spacial score (nSPS) is 20.3. The summed E-state index contributed by atoms with van der Waals surface area (Å²) in [4.78, 5) is 13.9. The van der Waals surface area contributed by atoms with Gasteiger partial charge in [-0.25, -0.2) is 0 Å². The molecule has 1 aliphatic rings. The summed E-state index contributed by atoms with van der Waals surface area (Å²) < 4.78 is 5.31. The van der Waals surface area contributed by atoms with Crippen molar-refractivity contribution in [3.8, 4) is 5.75 Å². The minimum atomic E-state index is 0.148. The van der Waals surface area contributed by atoms with E-state index in [1.54, 1.807) is 12.0 Å². The summed E-state index contributed by atoms with van der Waals surface area (Å²) in [5, 5.41) is 0. The van der Waals surface area contributed by atoms with Crippen LogP contribution in [0.4, 0.5) is 5.69 Å². The van der Waals surface area contributed by atoms with Gasteiger partial charge in [0.25, 0.3) is 0 Å². The van der Waals surface area contributed by atoms with Gasteiger partial charge in [-0.1, -0.05) is 28.1 Å². The van der Waals surface area contributed by atoms with Crippen molar-refractivity contribution in [2.45, 2.75) is 18.2 Å². The molecule has 16 heavy (non-hydrogen) atoms. The van der Waals surface area contributed by atoms with Crippen molar-refractivity contribution < 1.29 is 9.53 Å². The zero-order valence-electron chi connectivity index (χ0n) is 9.37. The Balaban J connectivity index is 2.43. The van der Waals surface area contributed by atoms with Gasteiger partial charge in [-0.05, 0) is 18.6 Å². The third-order valence-electron chi connectivity index (χ3n) is 2.77. The van der Waals surface area contributed by atoms with Crippen LogP contribution >= 0.6 is 15.9 Å². The second kappa shape index (κ2) is 4.45. The molecule has 1 amide bonds. The molecule has 86 valence electrons. The Hall–Kier alpha value is -1.03. The fourth-order valence-electron chi connectivity index (χ4n) is 2.02. The van der Waals surface area contributed by atoms with Gasteiger partial charge in [0, 0.05) is 17.8 Å². The second-order valence-electron chi connectivity index (χ2n) is 3.93. The van der Waals surface area contributed by atoms with E-state index in [0.29, 0.717) is 13.0 Å². The molecule has 1 aromatic rings. The van der Waals surface area contributed by atoms with E-state index in [9.17, 15) is 4.79 Å². The molecule has 0 N–H and O–H groups in total. The van der Waals surface area contributed by atoms with Crippen LogP contribution in [0.1, 0.15) is 12.0 Å². The lowest BCUT2D eigenvalue weighted by Gasteiger charge is -2.21. The van der Waals surface area contributed by atoms with Crippen molar-refractivity contribution >= 4 is 27.5 Å². The maximum atomic E-state index is 11.8. The number of ether oxygens (including phenoxy) is 1. The molecule has 4 heteroatoms. The number of hydrogen-bond acceptors (Lipinski definition) is 2. The summed E-state index contributed by atoms with van der Waals surface area (Å²) in [6, 6.07) is 5.81. The van der Waals surface area contributed by atoms with Gasteiger partial charge < -0.3 is 9.64 Å². The van der Waals surface area contributed by atoms with Crippen molar-refractivity contribution in [3.63, 3.8) is 0 Å². The maximum Gasteiger partial charge on any atom is 0.228 e. The highest BCUT2D eigenvalue weighted by Crippen LogP contribution is 2.35. The summed E-state index contributed by atoms with van der Waals surface area (Å²) in [5.41, 5.74) is 1.96. The summed E-state index contributed by atoms with van der Waals surface area (Å²) in [6.07, 6.45) is 0.553. The highest BCUT2D eigenvalue weighted by molar-refractivity contribution is 9.09. The van der Waals surface area contributed by atoms with Crippen molar-refractivity contribution in [1.82, 2.24) is 0 Å². The molecule has 0 bridgehead atoms. The van der Waals surface area contributed by atoms with Crippen LogP contribution in [0.3, 0.4) is 0 Å². The Bertz CT molecular complexity index is 419. The standard InChI is InChI=1S/C12H14BrNO2/c1-8-4-3-5-10(16-2)12(8)14-7-9(13)6-11(14)15/h3-5,9H,6-7H2,1-2H3. The second-order valence-corrected chi connectivity index (χ2v) is 5.23. The van der Waals surface area contributed by atoms with Crippen molar-refractivity contribution in [2.75, 3.05) is 18.6 Å². The molecule has 1 unspecified atom stereocenters. The van der Waals surface area contributed by atoms with Gasteiger partial charge in [0.05, 0.1) is 12.8 Å². The van der Waals surface area contributed by atoms with E-state index in [1.165, 1.54) is 0 Å². The van der Waals surface area contributed by atoms with Crippen LogP contribution in [0.2, 0.25) is 0 Å². The molecule has 0 aromatic heterocycles. The number of carbonyl (C=O) groups excluding carboxylic acids is 1. The number of anilines is 1.